The van der Waals surface area contributed by atoms with Crippen molar-refractivity contribution >= 4 is 5.57 Å². The molecule has 0 fully saturated rings. The molecule has 0 aromatic heterocycles. The number of aliphatic hydroxyl groups excluding tert-OH is 1. The molecule has 0 aliphatic heterocycles. The SMILES string of the molecule is C=C(C[C@]1([CH2-])CCCc2cc(C)ccc21)c1[c-]ccc(C(C)O)c1.[U+2]. The van der Waals surface area contributed by atoms with E-state index in [2.05, 4.69) is 44.7 Å². The van der Waals surface area contributed by atoms with Crippen molar-refractivity contribution in [3.63, 3.8) is 0 Å². The first-order valence-electron chi connectivity index (χ1n) is 8.72. The summed E-state index contributed by atoms with van der Waals surface area (Å²) in [6.45, 7) is 12.8. The number of fused-ring (bicyclic) bond motifs is 1. The smallest absolute Gasteiger partial charge is 0.390 e. The van der Waals surface area contributed by atoms with Crippen LogP contribution in [-0.4, -0.2) is 5.11 Å². The quantitative estimate of drug-likeness (QED) is 0.503. The average molecular weight is 556 g/mol. The van der Waals surface area contributed by atoms with Crippen LogP contribution in [0.2, 0.25) is 0 Å². The van der Waals surface area contributed by atoms with Gasteiger partial charge in [-0.05, 0) is 25.8 Å². The summed E-state index contributed by atoms with van der Waals surface area (Å²) >= 11 is 0. The maximum absolute atomic E-state index is 9.80. The molecule has 0 spiro atoms. The summed E-state index contributed by atoms with van der Waals surface area (Å²) in [6.07, 6.45) is 3.74. The first-order valence-corrected chi connectivity index (χ1v) is 8.72. The van der Waals surface area contributed by atoms with Gasteiger partial charge in [-0.25, -0.2) is 0 Å². The van der Waals surface area contributed by atoms with Gasteiger partial charge in [-0.15, -0.1) is 53.0 Å². The third-order valence-electron chi connectivity index (χ3n) is 5.17. The van der Waals surface area contributed by atoms with Crippen molar-refractivity contribution in [1.29, 1.82) is 0 Å². The zero-order valence-corrected chi connectivity index (χ0v) is 19.4. The van der Waals surface area contributed by atoms with Gasteiger partial charge in [-0.1, -0.05) is 48.6 Å². The van der Waals surface area contributed by atoms with Gasteiger partial charge < -0.3 is 12.0 Å². The van der Waals surface area contributed by atoms with Crippen molar-refractivity contribution < 1.29 is 36.2 Å². The van der Waals surface area contributed by atoms with Crippen molar-refractivity contribution in [1.82, 2.24) is 0 Å². The molecule has 2 atom stereocenters. The number of aryl methyl sites for hydroxylation is 2. The topological polar surface area (TPSA) is 20.2 Å². The van der Waals surface area contributed by atoms with E-state index in [1.165, 1.54) is 23.1 Å². The van der Waals surface area contributed by atoms with Gasteiger partial charge in [-0.2, -0.15) is 0 Å². The molecule has 1 N–H and O–H groups in total. The van der Waals surface area contributed by atoms with E-state index in [0.29, 0.717) is 0 Å². The molecular formula is C23H26OU. The van der Waals surface area contributed by atoms with Crippen LogP contribution in [0.4, 0.5) is 0 Å². The van der Waals surface area contributed by atoms with Crippen LogP contribution >= 0.6 is 0 Å². The zero-order chi connectivity index (χ0) is 17.3. The number of hydrogen-bond donors (Lipinski definition) is 1. The molecule has 3 rings (SSSR count). The number of aliphatic hydroxyl groups is 1. The van der Waals surface area contributed by atoms with Crippen LogP contribution in [0.25, 0.3) is 5.57 Å². The number of allylic oxidation sites excluding steroid dienone is 1. The van der Waals surface area contributed by atoms with E-state index in [0.717, 1.165) is 36.0 Å². The summed E-state index contributed by atoms with van der Waals surface area (Å²) < 4.78 is 0. The number of rotatable bonds is 4. The molecule has 2 heteroatoms. The molecule has 1 unspecified atom stereocenters. The average Bonchev–Trinajstić information content (AvgIpc) is 2.54. The van der Waals surface area contributed by atoms with Gasteiger partial charge in [0.25, 0.3) is 0 Å². The van der Waals surface area contributed by atoms with Crippen LogP contribution in [0.5, 0.6) is 0 Å². The van der Waals surface area contributed by atoms with Gasteiger partial charge in [0.2, 0.25) is 0 Å². The maximum Gasteiger partial charge on any atom is 2.00 e. The molecule has 0 heterocycles. The van der Waals surface area contributed by atoms with Crippen LogP contribution in [0, 0.1) is 51.0 Å². The van der Waals surface area contributed by atoms with Crippen LogP contribution in [0.1, 0.15) is 60.1 Å². The summed E-state index contributed by atoms with van der Waals surface area (Å²) in [6, 6.07) is 15.8. The standard InChI is InChI=1S/C23H26O.U/c1-16-10-11-22-21(13-16)9-6-12-23(22,4)15-17(2)19-7-5-8-20(14-19)18(3)24;/h5,8,10-11,13-14,18,24H,2,4,6,9,12,15H2,1,3H3;/q-2;+2/t18?,23-;/m0./s1. The Morgan fingerprint density at radius 1 is 1.36 bits per heavy atom. The normalized spacial score (nSPS) is 20.3. The Bertz CT molecular complexity index is 762. The molecule has 0 amide bonds. The van der Waals surface area contributed by atoms with Crippen LogP contribution in [0.3, 0.4) is 0 Å². The largest absolute Gasteiger partial charge is 2.00 e. The predicted molar refractivity (Wildman–Crippen MR) is 101 cm³/mol. The van der Waals surface area contributed by atoms with E-state index in [1.54, 1.807) is 6.92 Å². The van der Waals surface area contributed by atoms with E-state index < -0.39 is 6.10 Å². The Kier molecular flexibility index (Phi) is 6.77. The Morgan fingerprint density at radius 2 is 2.12 bits per heavy atom. The fourth-order valence-corrected chi connectivity index (χ4v) is 3.83. The molecule has 1 aliphatic rings. The summed E-state index contributed by atoms with van der Waals surface area (Å²) in [7, 11) is 0. The van der Waals surface area contributed by atoms with Crippen molar-refractivity contribution in [2.75, 3.05) is 0 Å². The van der Waals surface area contributed by atoms with Gasteiger partial charge >= 0.3 is 31.1 Å². The first kappa shape index (κ1) is 20.5. The predicted octanol–water partition coefficient (Wildman–Crippen LogP) is 5.36. The van der Waals surface area contributed by atoms with Crippen LogP contribution in [-0.2, 0) is 11.8 Å². The molecular weight excluding hydrogens is 530 g/mol. The van der Waals surface area contributed by atoms with E-state index in [1.807, 2.05) is 18.2 Å². The first-order chi connectivity index (χ1) is 11.4. The second-order valence-corrected chi connectivity index (χ2v) is 7.29. The summed E-state index contributed by atoms with van der Waals surface area (Å²) in [5.41, 5.74) is 6.93. The van der Waals surface area contributed by atoms with E-state index >= 15 is 0 Å². The molecule has 0 saturated heterocycles. The van der Waals surface area contributed by atoms with E-state index in [9.17, 15) is 5.11 Å². The molecule has 0 radical (unpaired) electrons. The minimum absolute atomic E-state index is 0. The molecule has 2 aromatic rings. The van der Waals surface area contributed by atoms with Gasteiger partial charge in [0.1, 0.15) is 0 Å². The minimum atomic E-state index is -0.474. The molecule has 128 valence electrons. The Morgan fingerprint density at radius 3 is 2.84 bits per heavy atom. The fraction of sp³-hybridized carbons (Fsp3) is 0.348. The van der Waals surface area contributed by atoms with Gasteiger partial charge in [0.15, 0.2) is 0 Å². The molecule has 1 nitrogen and oxygen atoms in total. The third-order valence-corrected chi connectivity index (χ3v) is 5.17. The van der Waals surface area contributed by atoms with Crippen molar-refractivity contribution in [2.24, 2.45) is 0 Å². The van der Waals surface area contributed by atoms with Gasteiger partial charge in [0, 0.05) is 0 Å². The summed E-state index contributed by atoms with van der Waals surface area (Å²) in [5.74, 6) is 0. The second kappa shape index (κ2) is 8.26. The summed E-state index contributed by atoms with van der Waals surface area (Å²) in [4.78, 5) is 0. The molecule has 2 aromatic carbocycles. The number of benzene rings is 2. The fourth-order valence-electron chi connectivity index (χ4n) is 3.83. The summed E-state index contributed by atoms with van der Waals surface area (Å²) in [5, 5.41) is 9.80. The van der Waals surface area contributed by atoms with Crippen molar-refractivity contribution in [3.8, 4) is 0 Å². The van der Waals surface area contributed by atoms with Crippen LogP contribution < -0.4 is 0 Å². The van der Waals surface area contributed by atoms with Crippen molar-refractivity contribution in [2.45, 2.75) is 51.0 Å². The van der Waals surface area contributed by atoms with E-state index in [4.69, 9.17) is 0 Å². The molecule has 0 bridgehead atoms. The Balaban J connectivity index is 0.00000225. The van der Waals surface area contributed by atoms with E-state index in [-0.39, 0.29) is 36.5 Å². The minimum Gasteiger partial charge on any atom is -0.390 e. The van der Waals surface area contributed by atoms with Gasteiger partial charge in [0.05, 0.1) is 6.10 Å². The Labute approximate surface area is 175 Å². The van der Waals surface area contributed by atoms with Crippen LogP contribution in [0.15, 0.2) is 43.0 Å². The second-order valence-electron chi connectivity index (χ2n) is 7.29. The maximum atomic E-state index is 9.80. The zero-order valence-electron chi connectivity index (χ0n) is 15.2. The molecule has 1 aliphatic carbocycles. The molecule has 0 saturated carbocycles. The van der Waals surface area contributed by atoms with Crippen molar-refractivity contribution in [3.05, 3.63) is 83.8 Å². The molecule has 25 heavy (non-hydrogen) atoms. The number of hydrogen-bond acceptors (Lipinski definition) is 1. The van der Waals surface area contributed by atoms with Gasteiger partial charge in [-0.3, -0.25) is 0 Å². The monoisotopic (exact) mass is 556 g/mol. The Hall–Kier alpha value is -0.808. The third kappa shape index (κ3) is 4.48.